The van der Waals surface area contributed by atoms with E-state index in [0.717, 1.165) is 5.57 Å². The van der Waals surface area contributed by atoms with Crippen LogP contribution in [0.15, 0.2) is 54.6 Å². The zero-order valence-electron chi connectivity index (χ0n) is 9.83. The molecule has 2 rings (SSSR count). The normalized spacial score (nSPS) is 11.1. The van der Waals surface area contributed by atoms with Crippen molar-refractivity contribution in [3.05, 3.63) is 65.8 Å². The summed E-state index contributed by atoms with van der Waals surface area (Å²) in [4.78, 5) is 0. The highest BCUT2D eigenvalue weighted by Crippen LogP contribution is 2.21. The predicted molar refractivity (Wildman–Crippen MR) is 72.5 cm³/mol. The van der Waals surface area contributed by atoms with Crippen LogP contribution in [0, 0.1) is 6.92 Å². The Bertz CT molecular complexity index is 559. The van der Waals surface area contributed by atoms with Gasteiger partial charge in [0.1, 0.15) is 0 Å². The molecule has 80 valence electrons. The minimum atomic E-state index is 1.07. The number of fused-ring (bicyclic) bond motifs is 1. The van der Waals surface area contributed by atoms with Gasteiger partial charge >= 0.3 is 0 Å². The highest BCUT2D eigenvalue weighted by Gasteiger charge is 1.97. The minimum Gasteiger partial charge on any atom is -0.0961 e. The van der Waals surface area contributed by atoms with Crippen LogP contribution in [-0.2, 0) is 0 Å². The molecule has 0 aliphatic carbocycles. The third-order valence-electron chi connectivity index (χ3n) is 2.62. The maximum absolute atomic E-state index is 3.88. The molecular formula is C16H16. The molecule has 0 saturated carbocycles. The van der Waals surface area contributed by atoms with Crippen LogP contribution in [0.25, 0.3) is 16.8 Å². The molecule has 0 bridgehead atoms. The lowest BCUT2D eigenvalue weighted by Crippen LogP contribution is -1.79. The molecule has 0 nitrogen and oxygen atoms in total. The minimum absolute atomic E-state index is 1.07. The van der Waals surface area contributed by atoms with E-state index >= 15 is 0 Å². The van der Waals surface area contributed by atoms with Crippen molar-refractivity contribution in [3.8, 4) is 0 Å². The Morgan fingerprint density at radius 1 is 1.19 bits per heavy atom. The second kappa shape index (κ2) is 4.36. The Morgan fingerprint density at radius 3 is 2.75 bits per heavy atom. The molecule has 0 saturated heterocycles. The smallest absolute Gasteiger partial charge is 0.0111 e. The standard InChI is InChI=1S/C16H16/c1-12(2)7-9-14-5-4-6-15-11-13(3)8-10-16(14)15/h4-11H,1H2,2-3H3/b9-7-. The van der Waals surface area contributed by atoms with E-state index in [2.05, 4.69) is 62.1 Å². The van der Waals surface area contributed by atoms with Crippen LogP contribution in [0.5, 0.6) is 0 Å². The lowest BCUT2D eigenvalue weighted by atomic mass is 10.0. The summed E-state index contributed by atoms with van der Waals surface area (Å²) in [6, 6.07) is 12.9. The fraction of sp³-hybridized carbons (Fsp3) is 0.125. The summed E-state index contributed by atoms with van der Waals surface area (Å²) >= 11 is 0. The summed E-state index contributed by atoms with van der Waals surface area (Å²) in [5.74, 6) is 0. The zero-order valence-corrected chi connectivity index (χ0v) is 9.83. The lowest BCUT2D eigenvalue weighted by Gasteiger charge is -2.03. The average molecular weight is 208 g/mol. The van der Waals surface area contributed by atoms with Crippen molar-refractivity contribution in [2.45, 2.75) is 13.8 Å². The van der Waals surface area contributed by atoms with E-state index in [4.69, 9.17) is 0 Å². The summed E-state index contributed by atoms with van der Waals surface area (Å²) in [5.41, 5.74) is 3.62. The van der Waals surface area contributed by atoms with Crippen LogP contribution in [-0.4, -0.2) is 0 Å². The van der Waals surface area contributed by atoms with E-state index in [1.807, 2.05) is 6.92 Å². The molecule has 0 N–H and O–H groups in total. The van der Waals surface area contributed by atoms with Crippen molar-refractivity contribution >= 4 is 16.8 Å². The molecule has 2 aromatic rings. The number of hydrogen-bond donors (Lipinski definition) is 0. The average Bonchev–Trinajstić information content (AvgIpc) is 2.25. The van der Waals surface area contributed by atoms with Crippen LogP contribution in [0.4, 0.5) is 0 Å². The molecule has 0 aromatic heterocycles. The van der Waals surface area contributed by atoms with Crippen molar-refractivity contribution in [1.29, 1.82) is 0 Å². The Balaban J connectivity index is 2.58. The third kappa shape index (κ3) is 2.22. The van der Waals surface area contributed by atoms with Crippen LogP contribution < -0.4 is 0 Å². The van der Waals surface area contributed by atoms with Gasteiger partial charge < -0.3 is 0 Å². The molecule has 0 heterocycles. The first kappa shape index (κ1) is 10.7. The highest BCUT2D eigenvalue weighted by molar-refractivity contribution is 5.91. The van der Waals surface area contributed by atoms with Crippen molar-refractivity contribution in [2.75, 3.05) is 0 Å². The molecule has 0 heteroatoms. The van der Waals surface area contributed by atoms with Crippen molar-refractivity contribution in [3.63, 3.8) is 0 Å². The molecular weight excluding hydrogens is 192 g/mol. The van der Waals surface area contributed by atoms with Gasteiger partial charge in [-0.3, -0.25) is 0 Å². The van der Waals surface area contributed by atoms with Crippen molar-refractivity contribution < 1.29 is 0 Å². The highest BCUT2D eigenvalue weighted by atomic mass is 14.0. The topological polar surface area (TPSA) is 0 Å². The number of allylic oxidation sites excluding steroid dienone is 2. The summed E-state index contributed by atoms with van der Waals surface area (Å²) in [5, 5.41) is 2.59. The molecule has 0 radical (unpaired) electrons. The summed E-state index contributed by atoms with van der Waals surface area (Å²) in [6.07, 6.45) is 4.18. The third-order valence-corrected chi connectivity index (χ3v) is 2.62. The van der Waals surface area contributed by atoms with Crippen LogP contribution >= 0.6 is 0 Å². The second-order valence-electron chi connectivity index (χ2n) is 4.25. The van der Waals surface area contributed by atoms with Gasteiger partial charge in [0.25, 0.3) is 0 Å². The van der Waals surface area contributed by atoms with Crippen LogP contribution in [0.1, 0.15) is 18.1 Å². The molecule has 0 aliphatic rings. The van der Waals surface area contributed by atoms with Crippen LogP contribution in [0.3, 0.4) is 0 Å². The van der Waals surface area contributed by atoms with E-state index in [9.17, 15) is 0 Å². The maximum atomic E-state index is 3.88. The second-order valence-corrected chi connectivity index (χ2v) is 4.25. The van der Waals surface area contributed by atoms with Gasteiger partial charge in [-0.1, -0.05) is 66.3 Å². The molecule has 0 amide bonds. The fourth-order valence-electron chi connectivity index (χ4n) is 1.81. The molecule has 0 spiro atoms. The summed E-state index contributed by atoms with van der Waals surface area (Å²) < 4.78 is 0. The summed E-state index contributed by atoms with van der Waals surface area (Å²) in [7, 11) is 0. The van der Waals surface area contributed by atoms with E-state index < -0.39 is 0 Å². The molecule has 0 fully saturated rings. The van der Waals surface area contributed by atoms with Gasteiger partial charge in [-0.2, -0.15) is 0 Å². The van der Waals surface area contributed by atoms with Gasteiger partial charge in [-0.25, -0.2) is 0 Å². The van der Waals surface area contributed by atoms with Gasteiger partial charge in [0.05, 0.1) is 0 Å². The van der Waals surface area contributed by atoms with Gasteiger partial charge in [0, 0.05) is 0 Å². The monoisotopic (exact) mass is 208 g/mol. The van der Waals surface area contributed by atoms with E-state index in [1.54, 1.807) is 0 Å². The quantitative estimate of drug-likeness (QED) is 0.625. The molecule has 0 atom stereocenters. The van der Waals surface area contributed by atoms with E-state index in [-0.39, 0.29) is 0 Å². The number of aryl methyl sites for hydroxylation is 1. The Labute approximate surface area is 96.9 Å². The van der Waals surface area contributed by atoms with Crippen LogP contribution in [0.2, 0.25) is 0 Å². The fourth-order valence-corrected chi connectivity index (χ4v) is 1.81. The van der Waals surface area contributed by atoms with E-state index in [1.165, 1.54) is 21.9 Å². The van der Waals surface area contributed by atoms with E-state index in [0.29, 0.717) is 0 Å². The SMILES string of the molecule is C=C(C)/C=C\c1cccc2cc(C)ccc12. The first-order valence-corrected chi connectivity index (χ1v) is 5.50. The van der Waals surface area contributed by atoms with Gasteiger partial charge in [0.15, 0.2) is 0 Å². The Morgan fingerprint density at radius 2 is 2.00 bits per heavy atom. The number of hydrogen-bond acceptors (Lipinski definition) is 0. The number of rotatable bonds is 2. The van der Waals surface area contributed by atoms with Crippen molar-refractivity contribution in [2.24, 2.45) is 0 Å². The van der Waals surface area contributed by atoms with Gasteiger partial charge in [0.2, 0.25) is 0 Å². The zero-order chi connectivity index (χ0) is 11.5. The first-order valence-electron chi connectivity index (χ1n) is 5.50. The maximum Gasteiger partial charge on any atom is -0.0111 e. The van der Waals surface area contributed by atoms with Gasteiger partial charge in [-0.05, 0) is 30.2 Å². The number of benzene rings is 2. The predicted octanol–water partition coefficient (Wildman–Crippen LogP) is 4.74. The largest absolute Gasteiger partial charge is 0.0961 e. The molecule has 2 aromatic carbocycles. The lowest BCUT2D eigenvalue weighted by molar-refractivity contribution is 1.50. The van der Waals surface area contributed by atoms with Gasteiger partial charge in [-0.15, -0.1) is 0 Å². The Kier molecular flexibility index (Phi) is 2.91. The molecule has 16 heavy (non-hydrogen) atoms. The molecule has 0 aliphatic heterocycles. The first-order chi connectivity index (χ1) is 7.66. The van der Waals surface area contributed by atoms with Crippen molar-refractivity contribution in [1.82, 2.24) is 0 Å². The molecule has 0 unspecified atom stereocenters. The summed E-state index contributed by atoms with van der Waals surface area (Å²) in [6.45, 7) is 8.00. The Hall–Kier alpha value is -1.82.